The minimum absolute atomic E-state index is 0.246. The number of para-hydroxylation sites is 1. The number of rotatable bonds is 3. The Labute approximate surface area is 118 Å². The lowest BCUT2D eigenvalue weighted by atomic mass is 9.91. The monoisotopic (exact) mass is 311 g/mol. The zero-order valence-electron chi connectivity index (χ0n) is 11.5. The van der Waals surface area contributed by atoms with Crippen LogP contribution in [0.25, 0.3) is 0 Å². The van der Waals surface area contributed by atoms with Crippen molar-refractivity contribution in [3.05, 3.63) is 22.7 Å². The van der Waals surface area contributed by atoms with E-state index in [1.54, 1.807) is 0 Å². The van der Waals surface area contributed by atoms with Crippen LogP contribution >= 0.6 is 15.9 Å². The minimum atomic E-state index is 0.246. The summed E-state index contributed by atoms with van der Waals surface area (Å²) in [6, 6.07) is 6.54. The quantitative estimate of drug-likeness (QED) is 0.874. The van der Waals surface area contributed by atoms with Crippen LogP contribution in [0.4, 0.5) is 5.69 Å². The van der Waals surface area contributed by atoms with Crippen molar-refractivity contribution < 1.29 is 4.74 Å². The first-order valence-corrected chi connectivity index (χ1v) is 7.50. The fourth-order valence-electron chi connectivity index (χ4n) is 2.49. The molecule has 0 saturated heterocycles. The van der Waals surface area contributed by atoms with Crippen molar-refractivity contribution in [2.75, 3.05) is 5.32 Å². The van der Waals surface area contributed by atoms with Gasteiger partial charge in [0.1, 0.15) is 6.10 Å². The van der Waals surface area contributed by atoms with E-state index < -0.39 is 0 Å². The highest BCUT2D eigenvalue weighted by Gasteiger charge is 2.32. The summed E-state index contributed by atoms with van der Waals surface area (Å²) in [5.41, 5.74) is 1.10. The summed E-state index contributed by atoms with van der Waals surface area (Å²) in [5, 5.41) is 3.64. The van der Waals surface area contributed by atoms with Crippen LogP contribution in [-0.2, 0) is 0 Å². The number of fused-ring (bicyclic) bond motifs is 1. The third-order valence-corrected chi connectivity index (χ3v) is 4.01. The van der Waals surface area contributed by atoms with E-state index in [1.165, 1.54) is 0 Å². The smallest absolute Gasteiger partial charge is 0.157 e. The van der Waals surface area contributed by atoms with Gasteiger partial charge in [-0.25, -0.2) is 0 Å². The number of ether oxygens (including phenoxy) is 1. The van der Waals surface area contributed by atoms with Gasteiger partial charge >= 0.3 is 0 Å². The highest BCUT2D eigenvalue weighted by atomic mass is 79.9. The van der Waals surface area contributed by atoms with Crippen molar-refractivity contribution in [1.82, 2.24) is 0 Å². The summed E-state index contributed by atoms with van der Waals surface area (Å²) in [7, 11) is 0. The van der Waals surface area contributed by atoms with Crippen LogP contribution in [0, 0.1) is 11.8 Å². The zero-order chi connectivity index (χ0) is 13.3. The van der Waals surface area contributed by atoms with E-state index in [-0.39, 0.29) is 6.10 Å². The van der Waals surface area contributed by atoms with Gasteiger partial charge in [-0.2, -0.15) is 0 Å². The largest absolute Gasteiger partial charge is 0.485 e. The highest BCUT2D eigenvalue weighted by molar-refractivity contribution is 9.10. The molecular weight excluding hydrogens is 290 g/mol. The number of hydrogen-bond acceptors (Lipinski definition) is 2. The predicted molar refractivity (Wildman–Crippen MR) is 80.3 cm³/mol. The van der Waals surface area contributed by atoms with Gasteiger partial charge in [-0.15, -0.1) is 0 Å². The lowest BCUT2D eigenvalue weighted by Crippen LogP contribution is -2.45. The third-order valence-electron chi connectivity index (χ3n) is 3.38. The Morgan fingerprint density at radius 1 is 1.28 bits per heavy atom. The normalized spacial score (nSPS) is 22.6. The Hall–Kier alpha value is -0.700. The van der Waals surface area contributed by atoms with Gasteiger partial charge in [-0.05, 0) is 46.3 Å². The Morgan fingerprint density at radius 2 is 2.00 bits per heavy atom. The average Bonchev–Trinajstić information content (AvgIpc) is 2.28. The molecule has 0 amide bonds. The molecule has 1 aromatic carbocycles. The molecule has 1 N–H and O–H groups in total. The molecule has 0 aromatic heterocycles. The van der Waals surface area contributed by atoms with Crippen LogP contribution in [0.2, 0.25) is 0 Å². The summed E-state index contributed by atoms with van der Waals surface area (Å²) in [6.07, 6.45) is 1.33. The van der Waals surface area contributed by atoms with E-state index in [0.717, 1.165) is 22.3 Å². The summed E-state index contributed by atoms with van der Waals surface area (Å²) in [5.74, 6) is 2.16. The number of benzene rings is 1. The highest BCUT2D eigenvalue weighted by Crippen LogP contribution is 2.40. The van der Waals surface area contributed by atoms with Gasteiger partial charge in [0.2, 0.25) is 0 Å². The molecule has 2 unspecified atom stereocenters. The Balaban J connectivity index is 2.29. The van der Waals surface area contributed by atoms with E-state index in [2.05, 4.69) is 55.0 Å². The molecule has 1 heterocycles. The SMILES string of the molecule is CC(C)CC1Oc2c(Br)cccc2NC1C(C)C. The molecule has 0 fully saturated rings. The molecule has 1 aromatic rings. The van der Waals surface area contributed by atoms with Crippen molar-refractivity contribution in [3.8, 4) is 5.75 Å². The van der Waals surface area contributed by atoms with E-state index in [0.29, 0.717) is 17.9 Å². The molecule has 1 aliphatic heterocycles. The molecule has 18 heavy (non-hydrogen) atoms. The molecule has 0 aliphatic carbocycles. The lowest BCUT2D eigenvalue weighted by molar-refractivity contribution is 0.124. The Bertz CT molecular complexity index is 417. The molecule has 2 nitrogen and oxygen atoms in total. The van der Waals surface area contributed by atoms with E-state index in [1.807, 2.05) is 12.1 Å². The molecule has 3 heteroatoms. The van der Waals surface area contributed by atoms with Gasteiger partial charge in [0, 0.05) is 0 Å². The zero-order valence-corrected chi connectivity index (χ0v) is 13.1. The second-order valence-electron chi connectivity index (χ2n) is 5.82. The van der Waals surface area contributed by atoms with Crippen molar-refractivity contribution in [1.29, 1.82) is 0 Å². The Morgan fingerprint density at radius 3 is 2.61 bits per heavy atom. The summed E-state index contributed by atoms with van der Waals surface area (Å²) >= 11 is 3.57. The van der Waals surface area contributed by atoms with Crippen LogP contribution in [0.3, 0.4) is 0 Å². The van der Waals surface area contributed by atoms with Gasteiger partial charge in [0.05, 0.1) is 16.2 Å². The molecule has 0 radical (unpaired) electrons. The maximum absolute atomic E-state index is 6.24. The van der Waals surface area contributed by atoms with Gasteiger partial charge in [0.25, 0.3) is 0 Å². The number of hydrogen-bond donors (Lipinski definition) is 1. The summed E-state index contributed by atoms with van der Waals surface area (Å²) in [6.45, 7) is 8.99. The third kappa shape index (κ3) is 2.82. The second kappa shape index (κ2) is 5.52. The van der Waals surface area contributed by atoms with Crippen molar-refractivity contribution in [3.63, 3.8) is 0 Å². The molecule has 0 saturated carbocycles. The van der Waals surface area contributed by atoms with E-state index in [4.69, 9.17) is 4.74 Å². The first kappa shape index (κ1) is 13.7. The molecule has 100 valence electrons. The maximum atomic E-state index is 6.24. The standard InChI is InChI=1S/C15H22BrNO/c1-9(2)8-13-14(10(3)4)17-12-7-5-6-11(16)15(12)18-13/h5-7,9-10,13-14,17H,8H2,1-4H3. The van der Waals surface area contributed by atoms with Crippen LogP contribution in [0.5, 0.6) is 5.75 Å². The fourth-order valence-corrected chi connectivity index (χ4v) is 2.95. The molecule has 0 spiro atoms. The predicted octanol–water partition coefficient (Wildman–Crippen LogP) is 4.69. The lowest BCUT2D eigenvalue weighted by Gasteiger charge is -2.38. The van der Waals surface area contributed by atoms with Crippen molar-refractivity contribution >= 4 is 21.6 Å². The van der Waals surface area contributed by atoms with Gasteiger partial charge in [-0.3, -0.25) is 0 Å². The van der Waals surface area contributed by atoms with Crippen molar-refractivity contribution in [2.45, 2.75) is 46.3 Å². The van der Waals surface area contributed by atoms with Gasteiger partial charge in [0.15, 0.2) is 5.75 Å². The van der Waals surface area contributed by atoms with E-state index in [9.17, 15) is 0 Å². The average molecular weight is 312 g/mol. The first-order valence-electron chi connectivity index (χ1n) is 6.70. The van der Waals surface area contributed by atoms with Crippen LogP contribution < -0.4 is 10.1 Å². The molecule has 0 bridgehead atoms. The first-order chi connectivity index (χ1) is 8.49. The number of nitrogens with one attached hydrogen (secondary N) is 1. The minimum Gasteiger partial charge on any atom is -0.485 e. The fraction of sp³-hybridized carbons (Fsp3) is 0.600. The summed E-state index contributed by atoms with van der Waals surface area (Å²) < 4.78 is 7.27. The molecule has 2 rings (SSSR count). The molecular formula is C15H22BrNO. The van der Waals surface area contributed by atoms with Crippen molar-refractivity contribution in [2.24, 2.45) is 11.8 Å². The summed E-state index contributed by atoms with van der Waals surface area (Å²) in [4.78, 5) is 0. The van der Waals surface area contributed by atoms with E-state index >= 15 is 0 Å². The van der Waals surface area contributed by atoms with Gasteiger partial charge in [-0.1, -0.05) is 33.8 Å². The topological polar surface area (TPSA) is 21.3 Å². The number of halogens is 1. The van der Waals surface area contributed by atoms with Crippen LogP contribution in [-0.4, -0.2) is 12.1 Å². The van der Waals surface area contributed by atoms with Gasteiger partial charge < -0.3 is 10.1 Å². The molecule has 1 aliphatic rings. The maximum Gasteiger partial charge on any atom is 0.157 e. The van der Waals surface area contributed by atoms with Crippen LogP contribution in [0.1, 0.15) is 34.1 Å². The van der Waals surface area contributed by atoms with Crippen LogP contribution in [0.15, 0.2) is 22.7 Å². The molecule has 2 atom stereocenters. The Kier molecular flexibility index (Phi) is 4.21. The number of anilines is 1. The second-order valence-corrected chi connectivity index (χ2v) is 6.67.